The summed E-state index contributed by atoms with van der Waals surface area (Å²) in [6.07, 6.45) is 0. The van der Waals surface area contributed by atoms with Crippen LogP contribution in [0, 0.1) is 0 Å². The van der Waals surface area contributed by atoms with Crippen LogP contribution in [0.5, 0.6) is 5.75 Å². The number of aromatic hydroxyl groups is 1. The van der Waals surface area contributed by atoms with Gasteiger partial charge in [0.05, 0.1) is 13.2 Å². The van der Waals surface area contributed by atoms with Crippen molar-refractivity contribution in [2.24, 2.45) is 0 Å². The van der Waals surface area contributed by atoms with Crippen LogP contribution in [0.15, 0.2) is 24.3 Å². The molecule has 1 aromatic carbocycles. The molecule has 1 fully saturated rings. The van der Waals surface area contributed by atoms with Crippen LogP contribution in [0.4, 0.5) is 0 Å². The van der Waals surface area contributed by atoms with Gasteiger partial charge in [-0.05, 0) is 24.6 Å². The van der Waals surface area contributed by atoms with Crippen molar-refractivity contribution in [1.82, 2.24) is 4.90 Å². The molecule has 1 aliphatic heterocycles. The summed E-state index contributed by atoms with van der Waals surface area (Å²) in [5, 5.41) is 18.9. The monoisotopic (exact) mass is 251 g/mol. The lowest BCUT2D eigenvalue weighted by atomic mass is 9.89. The maximum absolute atomic E-state index is 11.7. The summed E-state index contributed by atoms with van der Waals surface area (Å²) in [5.41, 5.74) is -0.424. The number of nitrogens with zero attached hydrogens (tertiary/aromatic N) is 1. The SMILES string of the molecule is CC(C(=O)O)(c1ccc(O)cc1)N1CCOCC1. The molecule has 98 valence electrons. The molecular weight excluding hydrogens is 234 g/mol. The summed E-state index contributed by atoms with van der Waals surface area (Å²) in [5.74, 6) is -0.761. The van der Waals surface area contributed by atoms with E-state index >= 15 is 0 Å². The number of benzene rings is 1. The lowest BCUT2D eigenvalue weighted by molar-refractivity contribution is -0.154. The van der Waals surface area contributed by atoms with Crippen LogP contribution in [0.25, 0.3) is 0 Å². The third kappa shape index (κ3) is 2.19. The van der Waals surface area contributed by atoms with Crippen molar-refractivity contribution in [3.63, 3.8) is 0 Å². The molecule has 0 spiro atoms. The molecule has 5 heteroatoms. The predicted octanol–water partition coefficient (Wildman–Crippen LogP) is 1.02. The second-order valence-corrected chi connectivity index (χ2v) is 4.52. The van der Waals surface area contributed by atoms with Crippen molar-refractivity contribution in [2.75, 3.05) is 26.3 Å². The minimum Gasteiger partial charge on any atom is -0.508 e. The van der Waals surface area contributed by atoms with E-state index in [2.05, 4.69) is 0 Å². The number of carbonyl (C=O) groups is 1. The molecule has 0 saturated carbocycles. The number of hydrogen-bond donors (Lipinski definition) is 2. The topological polar surface area (TPSA) is 70.0 Å². The van der Waals surface area contributed by atoms with E-state index in [1.54, 1.807) is 19.1 Å². The number of carboxylic acid groups (broad SMARTS) is 1. The first-order valence-electron chi connectivity index (χ1n) is 5.91. The molecule has 1 aromatic rings. The second kappa shape index (κ2) is 4.96. The Kier molecular flexibility index (Phi) is 3.54. The van der Waals surface area contributed by atoms with Gasteiger partial charge in [-0.2, -0.15) is 0 Å². The number of hydrogen-bond acceptors (Lipinski definition) is 4. The molecular formula is C13H17NO4. The van der Waals surface area contributed by atoms with E-state index in [1.807, 2.05) is 4.90 Å². The average molecular weight is 251 g/mol. The van der Waals surface area contributed by atoms with Gasteiger partial charge in [0.25, 0.3) is 0 Å². The number of phenolic OH excluding ortho intramolecular Hbond substituents is 1. The van der Waals surface area contributed by atoms with Crippen molar-refractivity contribution in [2.45, 2.75) is 12.5 Å². The second-order valence-electron chi connectivity index (χ2n) is 4.52. The Morgan fingerprint density at radius 1 is 1.28 bits per heavy atom. The third-order valence-electron chi connectivity index (χ3n) is 3.49. The van der Waals surface area contributed by atoms with Gasteiger partial charge in [0.2, 0.25) is 0 Å². The van der Waals surface area contributed by atoms with Gasteiger partial charge in [-0.15, -0.1) is 0 Å². The van der Waals surface area contributed by atoms with E-state index in [-0.39, 0.29) is 5.75 Å². The average Bonchev–Trinajstić information content (AvgIpc) is 2.39. The van der Waals surface area contributed by atoms with Crippen LogP contribution in [0.2, 0.25) is 0 Å². The van der Waals surface area contributed by atoms with Gasteiger partial charge in [0, 0.05) is 13.1 Å². The summed E-state index contributed by atoms with van der Waals surface area (Å²) >= 11 is 0. The predicted molar refractivity (Wildman–Crippen MR) is 65.5 cm³/mol. The Hall–Kier alpha value is -1.59. The highest BCUT2D eigenvalue weighted by atomic mass is 16.5. The Bertz CT molecular complexity index is 425. The van der Waals surface area contributed by atoms with Crippen molar-refractivity contribution >= 4 is 5.97 Å². The molecule has 2 rings (SSSR count). The fraction of sp³-hybridized carbons (Fsp3) is 0.462. The quantitative estimate of drug-likeness (QED) is 0.839. The highest BCUT2D eigenvalue weighted by Crippen LogP contribution is 2.30. The lowest BCUT2D eigenvalue weighted by Gasteiger charge is -2.40. The maximum atomic E-state index is 11.7. The largest absolute Gasteiger partial charge is 0.508 e. The Morgan fingerprint density at radius 3 is 2.33 bits per heavy atom. The van der Waals surface area contributed by atoms with Crippen LogP contribution in [0.3, 0.4) is 0 Å². The lowest BCUT2D eigenvalue weighted by Crippen LogP contribution is -2.54. The van der Waals surface area contributed by atoms with Crippen LogP contribution in [0.1, 0.15) is 12.5 Å². The van der Waals surface area contributed by atoms with Crippen LogP contribution in [-0.4, -0.2) is 47.4 Å². The maximum Gasteiger partial charge on any atom is 0.328 e. The number of rotatable bonds is 3. The standard InChI is InChI=1S/C13H17NO4/c1-13(12(16)17,14-6-8-18-9-7-14)10-2-4-11(15)5-3-10/h2-5,15H,6-9H2,1H3,(H,16,17). The summed E-state index contributed by atoms with van der Waals surface area (Å²) in [6.45, 7) is 3.95. The van der Waals surface area contributed by atoms with Crippen molar-refractivity contribution in [1.29, 1.82) is 0 Å². The molecule has 0 aromatic heterocycles. The van der Waals surface area contributed by atoms with Gasteiger partial charge in [-0.1, -0.05) is 12.1 Å². The zero-order valence-corrected chi connectivity index (χ0v) is 10.3. The van der Waals surface area contributed by atoms with Crippen molar-refractivity contribution < 1.29 is 19.7 Å². The van der Waals surface area contributed by atoms with E-state index in [9.17, 15) is 15.0 Å². The summed E-state index contributed by atoms with van der Waals surface area (Å²) in [4.78, 5) is 13.6. The molecule has 1 aliphatic rings. The van der Waals surface area contributed by atoms with Crippen molar-refractivity contribution in [3.05, 3.63) is 29.8 Å². The molecule has 1 saturated heterocycles. The minimum absolute atomic E-state index is 0.133. The Balaban J connectivity index is 2.36. The van der Waals surface area contributed by atoms with E-state index in [0.717, 1.165) is 0 Å². The number of phenols is 1. The smallest absolute Gasteiger partial charge is 0.328 e. The zero-order valence-electron chi connectivity index (χ0n) is 10.3. The molecule has 1 unspecified atom stereocenters. The van der Waals surface area contributed by atoms with Crippen molar-refractivity contribution in [3.8, 4) is 5.75 Å². The van der Waals surface area contributed by atoms with Crippen LogP contribution >= 0.6 is 0 Å². The van der Waals surface area contributed by atoms with E-state index in [4.69, 9.17) is 4.74 Å². The van der Waals surface area contributed by atoms with Gasteiger partial charge in [-0.3, -0.25) is 4.90 Å². The van der Waals surface area contributed by atoms with Crippen LogP contribution in [-0.2, 0) is 15.1 Å². The van der Waals surface area contributed by atoms with Gasteiger partial charge in [0.15, 0.2) is 0 Å². The Morgan fingerprint density at radius 2 is 1.83 bits per heavy atom. The fourth-order valence-corrected chi connectivity index (χ4v) is 2.24. The van der Waals surface area contributed by atoms with E-state index in [1.165, 1.54) is 12.1 Å². The van der Waals surface area contributed by atoms with E-state index in [0.29, 0.717) is 31.9 Å². The fourth-order valence-electron chi connectivity index (χ4n) is 2.24. The van der Waals surface area contributed by atoms with Crippen LogP contribution < -0.4 is 0 Å². The summed E-state index contributed by atoms with van der Waals surface area (Å²) in [7, 11) is 0. The number of ether oxygens (including phenoxy) is 1. The third-order valence-corrected chi connectivity index (χ3v) is 3.49. The first-order valence-corrected chi connectivity index (χ1v) is 5.91. The molecule has 0 bridgehead atoms. The van der Waals surface area contributed by atoms with Gasteiger partial charge in [0.1, 0.15) is 11.3 Å². The highest BCUT2D eigenvalue weighted by Gasteiger charge is 2.41. The van der Waals surface area contributed by atoms with E-state index < -0.39 is 11.5 Å². The molecule has 1 heterocycles. The van der Waals surface area contributed by atoms with Gasteiger partial charge in [-0.25, -0.2) is 4.79 Å². The zero-order chi connectivity index (χ0) is 13.2. The summed E-state index contributed by atoms with van der Waals surface area (Å²) in [6, 6.07) is 6.33. The summed E-state index contributed by atoms with van der Waals surface area (Å²) < 4.78 is 5.25. The number of morpholine rings is 1. The Labute approximate surface area is 106 Å². The molecule has 2 N–H and O–H groups in total. The number of carboxylic acids is 1. The van der Waals surface area contributed by atoms with Gasteiger partial charge < -0.3 is 14.9 Å². The molecule has 0 aliphatic carbocycles. The normalized spacial score (nSPS) is 20.3. The molecule has 0 amide bonds. The molecule has 5 nitrogen and oxygen atoms in total. The van der Waals surface area contributed by atoms with Gasteiger partial charge >= 0.3 is 5.97 Å². The highest BCUT2D eigenvalue weighted by molar-refractivity contribution is 5.80. The number of aliphatic carboxylic acids is 1. The molecule has 18 heavy (non-hydrogen) atoms. The first kappa shape index (κ1) is 12.9. The molecule has 0 radical (unpaired) electrons. The minimum atomic E-state index is -1.09. The molecule has 1 atom stereocenters. The first-order chi connectivity index (χ1) is 8.55.